The average Bonchev–Trinajstić information content (AvgIpc) is 2.57. The standard InChI is InChI=1S/C20H26N2O4S/c1-20(2)19(23)18(21-12-11-14-7-5-4-6-8-14)16-10-9-15(13-17(16)26-20)22-27(3,24)25/h4-10,13,18-19,21-23H,11-12H2,1-3H3/p+1/t18-,19+/m0/s1. The van der Waals surface area contributed by atoms with E-state index in [0.717, 1.165) is 18.2 Å². The van der Waals surface area contributed by atoms with Crippen LogP contribution in [0, 0.1) is 0 Å². The van der Waals surface area contributed by atoms with E-state index < -0.39 is 21.7 Å². The molecule has 7 heteroatoms. The first-order valence-corrected chi connectivity index (χ1v) is 10.9. The van der Waals surface area contributed by atoms with Crippen molar-refractivity contribution in [3.05, 3.63) is 59.7 Å². The van der Waals surface area contributed by atoms with Gasteiger partial charge in [-0.05, 0) is 38.4 Å². The number of ether oxygens (including phenoxy) is 1. The average molecular weight is 392 g/mol. The number of nitrogens with two attached hydrogens (primary N) is 1. The molecule has 0 fully saturated rings. The van der Waals surface area contributed by atoms with E-state index in [9.17, 15) is 13.5 Å². The van der Waals surface area contributed by atoms with Crippen LogP contribution in [-0.2, 0) is 16.4 Å². The number of fused-ring (bicyclic) bond motifs is 1. The van der Waals surface area contributed by atoms with Gasteiger partial charge in [0.05, 0.1) is 12.3 Å². The fraction of sp³-hybridized carbons (Fsp3) is 0.400. The molecule has 6 nitrogen and oxygen atoms in total. The van der Waals surface area contributed by atoms with Crippen molar-refractivity contribution in [2.45, 2.75) is 38.0 Å². The number of aliphatic hydroxyl groups is 1. The summed E-state index contributed by atoms with van der Waals surface area (Å²) < 4.78 is 30.3. The minimum atomic E-state index is -3.25. The monoisotopic (exact) mass is 391 g/mol. The number of quaternary nitrogens is 1. The summed E-state index contributed by atoms with van der Waals surface area (Å²) in [5, 5.41) is 14.2. The molecule has 2 aromatic carbocycles. The molecule has 0 saturated carbocycles. The van der Waals surface area contributed by atoms with Gasteiger partial charge in [-0.3, -0.25) is 0 Å². The molecule has 1 aliphatic heterocycles. The third kappa shape index (κ3) is 4.87. The Morgan fingerprint density at radius 3 is 2.56 bits per heavy atom. The Morgan fingerprint density at radius 2 is 1.89 bits per heavy atom. The third-order valence-corrected chi connectivity index (χ3v) is 5.44. The molecule has 146 valence electrons. The van der Waals surface area contributed by atoms with Gasteiger partial charge in [0.1, 0.15) is 23.1 Å². The van der Waals surface area contributed by atoms with Crippen LogP contribution in [-0.4, -0.2) is 38.0 Å². The molecule has 1 heterocycles. The molecule has 0 bridgehead atoms. The molecule has 0 spiro atoms. The van der Waals surface area contributed by atoms with Crippen LogP contribution in [0.1, 0.15) is 31.0 Å². The summed E-state index contributed by atoms with van der Waals surface area (Å²) in [4.78, 5) is 0. The van der Waals surface area contributed by atoms with Gasteiger partial charge in [-0.25, -0.2) is 4.72 Å². The number of sulfonamides is 1. The summed E-state index contributed by atoms with van der Waals surface area (Å²) in [6.45, 7) is 4.37. The molecule has 4 N–H and O–H groups in total. The number of aliphatic hydroxyl groups excluding tert-OH is 1. The molecule has 0 saturated heterocycles. The first kappa shape index (κ1) is 19.8. The van der Waals surface area contributed by atoms with Crippen LogP contribution in [0.25, 0.3) is 0 Å². The molecular weight excluding hydrogens is 364 g/mol. The van der Waals surface area contributed by atoms with Crippen molar-refractivity contribution in [2.75, 3.05) is 12.8 Å². The second kappa shape index (κ2) is 7.59. The van der Waals surface area contributed by atoms with Crippen molar-refractivity contribution < 1.29 is 23.0 Å². The van der Waals surface area contributed by atoms with Crippen molar-refractivity contribution >= 4 is 15.7 Å². The molecule has 0 aromatic heterocycles. The lowest BCUT2D eigenvalue weighted by Gasteiger charge is -2.42. The van der Waals surface area contributed by atoms with Crippen LogP contribution in [0.15, 0.2) is 48.5 Å². The number of hydrogen-bond donors (Lipinski definition) is 3. The molecule has 0 aliphatic carbocycles. The van der Waals surface area contributed by atoms with E-state index in [1.807, 2.05) is 38.1 Å². The zero-order chi connectivity index (χ0) is 19.7. The molecule has 2 atom stereocenters. The lowest BCUT2D eigenvalue weighted by Crippen LogP contribution is -2.81. The van der Waals surface area contributed by atoms with Gasteiger partial charge in [0, 0.05) is 17.7 Å². The van der Waals surface area contributed by atoms with Crippen LogP contribution in [0.3, 0.4) is 0 Å². The Morgan fingerprint density at radius 1 is 1.19 bits per heavy atom. The summed E-state index contributed by atoms with van der Waals surface area (Å²) in [6, 6.07) is 15.2. The fourth-order valence-corrected chi connectivity index (χ4v) is 4.01. The first-order valence-electron chi connectivity index (χ1n) is 8.99. The van der Waals surface area contributed by atoms with Gasteiger partial charge in [0.25, 0.3) is 10.0 Å². The van der Waals surface area contributed by atoms with E-state index in [1.54, 1.807) is 12.1 Å². The molecule has 3 rings (SSSR count). The third-order valence-electron chi connectivity index (χ3n) is 4.74. The quantitative estimate of drug-likeness (QED) is 0.645. The highest BCUT2D eigenvalue weighted by atomic mass is 32.2. The zero-order valence-electron chi connectivity index (χ0n) is 15.8. The normalized spacial score (nSPS) is 21.3. The molecule has 0 unspecified atom stereocenters. The Balaban J connectivity index is 1.81. The van der Waals surface area contributed by atoms with Crippen molar-refractivity contribution in [2.24, 2.45) is 0 Å². The van der Waals surface area contributed by atoms with Gasteiger partial charge in [0.2, 0.25) is 0 Å². The number of benzene rings is 2. The first-order chi connectivity index (χ1) is 12.7. The maximum atomic E-state index is 11.5. The minimum Gasteiger partial charge on any atom is -0.484 e. The summed E-state index contributed by atoms with van der Waals surface area (Å²) in [7, 11) is -3.25. The van der Waals surface area contributed by atoms with Gasteiger partial charge in [-0.1, -0.05) is 30.3 Å². The number of rotatable bonds is 6. The van der Waals surface area contributed by atoms with Crippen LogP contribution >= 0.6 is 0 Å². The summed E-state index contributed by atoms with van der Waals surface area (Å²) in [5.74, 6) is 0.597. The predicted molar refractivity (Wildman–Crippen MR) is 104 cm³/mol. The summed E-state index contributed by atoms with van der Waals surface area (Å²) >= 11 is 0. The van der Waals surface area contributed by atoms with Crippen LogP contribution in [0.5, 0.6) is 5.75 Å². The highest BCUT2D eigenvalue weighted by Crippen LogP contribution is 2.40. The largest absolute Gasteiger partial charge is 0.484 e. The maximum absolute atomic E-state index is 11.5. The smallest absolute Gasteiger partial charge is 0.295 e. The van der Waals surface area contributed by atoms with Gasteiger partial charge in [-0.2, -0.15) is 8.42 Å². The number of nitrogens with one attached hydrogen (secondary N) is 1. The van der Waals surface area contributed by atoms with Gasteiger partial charge in [-0.15, -0.1) is 0 Å². The molecule has 2 aromatic rings. The van der Waals surface area contributed by atoms with Gasteiger partial charge >= 0.3 is 0 Å². The number of primary sulfonamides is 1. The van der Waals surface area contributed by atoms with Gasteiger partial charge < -0.3 is 15.2 Å². The van der Waals surface area contributed by atoms with E-state index in [2.05, 4.69) is 17.4 Å². The van der Waals surface area contributed by atoms with Crippen molar-refractivity contribution in [1.29, 1.82) is 0 Å². The molecule has 0 amide bonds. The van der Waals surface area contributed by atoms with Crippen molar-refractivity contribution in [3.8, 4) is 5.75 Å². The predicted octanol–water partition coefficient (Wildman–Crippen LogP) is 1.25. The second-order valence-corrected chi connectivity index (χ2v) is 9.46. The topological polar surface area (TPSA) is 92.2 Å². The molecule has 0 radical (unpaired) electrons. The molecular formula is C20H27N2O4S+. The van der Waals surface area contributed by atoms with Crippen LogP contribution in [0.4, 0.5) is 5.69 Å². The Labute approximate surface area is 160 Å². The highest BCUT2D eigenvalue weighted by Gasteiger charge is 2.42. The molecule has 1 aliphatic rings. The lowest BCUT2D eigenvalue weighted by atomic mass is 9.86. The second-order valence-electron chi connectivity index (χ2n) is 7.56. The SMILES string of the molecule is CC1(C)Oc2cc([NH2+]S(C)(=O)=O)ccc2[C@H](NCCc2ccccc2)[C@H]1O. The minimum absolute atomic E-state index is 0.292. The van der Waals surface area contributed by atoms with E-state index in [0.29, 0.717) is 18.0 Å². The zero-order valence-corrected chi connectivity index (χ0v) is 16.7. The van der Waals surface area contributed by atoms with E-state index in [4.69, 9.17) is 4.74 Å². The number of hydrogen-bond acceptors (Lipinski definition) is 5. The highest BCUT2D eigenvalue weighted by molar-refractivity contribution is 7.84. The van der Waals surface area contributed by atoms with Crippen molar-refractivity contribution in [1.82, 2.24) is 5.32 Å². The molecule has 27 heavy (non-hydrogen) atoms. The Hall–Kier alpha value is -1.93. The summed E-state index contributed by atoms with van der Waals surface area (Å²) in [6.07, 6.45) is 1.28. The Kier molecular flexibility index (Phi) is 5.58. The van der Waals surface area contributed by atoms with Crippen molar-refractivity contribution in [3.63, 3.8) is 0 Å². The van der Waals surface area contributed by atoms with Crippen LogP contribution < -0.4 is 14.8 Å². The Bertz CT molecular complexity index is 897. The van der Waals surface area contributed by atoms with Gasteiger partial charge in [0.15, 0.2) is 0 Å². The van der Waals surface area contributed by atoms with Crippen LogP contribution in [0.2, 0.25) is 0 Å². The maximum Gasteiger partial charge on any atom is 0.295 e. The van der Waals surface area contributed by atoms with E-state index >= 15 is 0 Å². The fourth-order valence-electron chi connectivity index (χ4n) is 3.37. The summed E-state index contributed by atoms with van der Waals surface area (Å²) in [5.41, 5.74) is 1.83. The van der Waals surface area contributed by atoms with E-state index in [-0.39, 0.29) is 6.04 Å². The van der Waals surface area contributed by atoms with E-state index in [1.165, 1.54) is 10.3 Å². The lowest BCUT2D eigenvalue weighted by molar-refractivity contribution is -0.396.